The van der Waals surface area contributed by atoms with Gasteiger partial charge in [-0.15, -0.1) is 0 Å². The molecule has 0 aromatic heterocycles. The molecule has 0 radical (unpaired) electrons. The van der Waals surface area contributed by atoms with Gasteiger partial charge in [0.2, 0.25) is 11.8 Å². The van der Waals surface area contributed by atoms with Crippen molar-refractivity contribution < 1.29 is 23.9 Å². The van der Waals surface area contributed by atoms with Gasteiger partial charge in [-0.25, -0.2) is 0 Å². The second-order valence-electron chi connectivity index (χ2n) is 10.5. The number of likely N-dealkylation sites (tertiary alicyclic amines) is 1. The summed E-state index contributed by atoms with van der Waals surface area (Å²) in [5, 5.41) is 2.35. The van der Waals surface area contributed by atoms with E-state index in [2.05, 4.69) is 28.4 Å². The summed E-state index contributed by atoms with van der Waals surface area (Å²) in [5.41, 5.74) is 4.17. The molecule has 6 rings (SSSR count). The van der Waals surface area contributed by atoms with Crippen molar-refractivity contribution in [2.75, 3.05) is 19.8 Å². The number of piperidine rings is 2. The number of carbonyl (C=O) groups excluding carboxylic acids is 3. The number of imide groups is 1. The van der Waals surface area contributed by atoms with Gasteiger partial charge in [0.25, 0.3) is 5.91 Å². The highest BCUT2D eigenvalue weighted by atomic mass is 16.5. The van der Waals surface area contributed by atoms with E-state index >= 15 is 0 Å². The summed E-state index contributed by atoms with van der Waals surface area (Å²) < 4.78 is 12.2. The molecule has 37 heavy (non-hydrogen) atoms. The number of nitrogens with one attached hydrogen (secondary N) is 1. The maximum Gasteiger partial charge on any atom is 0.255 e. The lowest BCUT2D eigenvalue weighted by atomic mass is 9.97. The number of rotatable bonds is 6. The number of ether oxygens (including phenoxy) is 2. The second-order valence-corrected chi connectivity index (χ2v) is 10.5. The van der Waals surface area contributed by atoms with Crippen LogP contribution in [0.4, 0.5) is 0 Å². The zero-order chi connectivity index (χ0) is 25.4. The average Bonchev–Trinajstić information content (AvgIpc) is 3.23. The molecule has 194 valence electrons. The Labute approximate surface area is 216 Å². The molecule has 3 amide bonds. The molecule has 2 aromatic rings. The first kappa shape index (κ1) is 24.0. The maximum absolute atomic E-state index is 13.0. The normalized spacial score (nSPS) is 23.8. The van der Waals surface area contributed by atoms with Crippen molar-refractivity contribution in [3.8, 4) is 11.5 Å². The number of hydrogen-bond donors (Lipinski definition) is 1. The zero-order valence-corrected chi connectivity index (χ0v) is 21.0. The largest absolute Gasteiger partial charge is 0.493 e. The van der Waals surface area contributed by atoms with Gasteiger partial charge in [-0.3, -0.25) is 24.6 Å². The van der Waals surface area contributed by atoms with Crippen LogP contribution >= 0.6 is 0 Å². The molecule has 2 saturated heterocycles. The highest BCUT2D eigenvalue weighted by molar-refractivity contribution is 6.05. The number of fused-ring (bicyclic) bond motifs is 2. The van der Waals surface area contributed by atoms with Gasteiger partial charge in [-0.05, 0) is 79.6 Å². The van der Waals surface area contributed by atoms with Crippen molar-refractivity contribution in [2.45, 2.75) is 70.1 Å². The summed E-state index contributed by atoms with van der Waals surface area (Å²) in [4.78, 5) is 40.9. The minimum Gasteiger partial charge on any atom is -0.493 e. The summed E-state index contributed by atoms with van der Waals surface area (Å²) in [6.07, 6.45) is 6.24. The van der Waals surface area contributed by atoms with E-state index in [-0.39, 0.29) is 18.2 Å². The Balaban J connectivity index is 1.11. The Morgan fingerprint density at radius 2 is 1.95 bits per heavy atom. The number of benzene rings is 2. The maximum atomic E-state index is 13.0. The van der Waals surface area contributed by atoms with Crippen LogP contribution in [0.25, 0.3) is 0 Å². The van der Waals surface area contributed by atoms with Crippen LogP contribution in [-0.2, 0) is 29.1 Å². The van der Waals surface area contributed by atoms with Crippen LogP contribution in [0.2, 0.25) is 0 Å². The van der Waals surface area contributed by atoms with E-state index in [1.807, 2.05) is 12.1 Å². The summed E-state index contributed by atoms with van der Waals surface area (Å²) in [7, 11) is 0. The SMILES string of the molecule is O=C1CCC(N2Cc3cc(OC[C@H]4CCCCN4Cc4cccc5c4CCCO5)ccc3C2=O)C(=O)N1. The van der Waals surface area contributed by atoms with Gasteiger partial charge in [0.1, 0.15) is 24.1 Å². The molecule has 0 saturated carbocycles. The molecule has 4 heterocycles. The monoisotopic (exact) mass is 503 g/mol. The summed E-state index contributed by atoms with van der Waals surface area (Å²) in [6.45, 7) is 3.70. The molecule has 0 bridgehead atoms. The van der Waals surface area contributed by atoms with Gasteiger partial charge in [0.05, 0.1) is 6.61 Å². The molecule has 4 aliphatic rings. The Bertz CT molecular complexity index is 1230. The standard InChI is InChI=1S/C29H33N3O5/c33-27-12-11-25(28(34)30-27)32-17-20-15-22(9-10-24(20)29(32)35)37-18-21-6-1-2-13-31(21)16-19-5-3-8-26-23(19)7-4-14-36-26/h3,5,8-10,15,21,25H,1-2,4,6-7,11-14,16-18H2,(H,30,33,34)/t21-,25?/m1/s1. The number of amides is 3. The van der Waals surface area contributed by atoms with Crippen LogP contribution in [-0.4, -0.2) is 59.4 Å². The lowest BCUT2D eigenvalue weighted by molar-refractivity contribution is -0.136. The van der Waals surface area contributed by atoms with Crippen LogP contribution in [0.15, 0.2) is 36.4 Å². The van der Waals surface area contributed by atoms with E-state index in [1.54, 1.807) is 11.0 Å². The molecule has 2 aromatic carbocycles. The fourth-order valence-electron chi connectivity index (χ4n) is 6.12. The molecule has 0 spiro atoms. The first-order chi connectivity index (χ1) is 18.1. The van der Waals surface area contributed by atoms with Crippen LogP contribution < -0.4 is 14.8 Å². The van der Waals surface area contributed by atoms with E-state index in [4.69, 9.17) is 9.47 Å². The average molecular weight is 504 g/mol. The van der Waals surface area contributed by atoms with E-state index in [0.717, 1.165) is 56.0 Å². The number of nitrogens with zero attached hydrogens (tertiary/aromatic N) is 2. The van der Waals surface area contributed by atoms with Gasteiger partial charge in [0.15, 0.2) is 0 Å². The molecule has 1 unspecified atom stereocenters. The Morgan fingerprint density at radius 3 is 2.84 bits per heavy atom. The molecular weight excluding hydrogens is 470 g/mol. The van der Waals surface area contributed by atoms with Gasteiger partial charge >= 0.3 is 0 Å². The molecule has 8 nitrogen and oxygen atoms in total. The molecule has 1 N–H and O–H groups in total. The van der Waals surface area contributed by atoms with Gasteiger partial charge < -0.3 is 14.4 Å². The minimum absolute atomic E-state index is 0.162. The quantitative estimate of drug-likeness (QED) is 0.609. The van der Waals surface area contributed by atoms with Crippen molar-refractivity contribution >= 4 is 17.7 Å². The van der Waals surface area contributed by atoms with E-state index in [1.165, 1.54) is 24.0 Å². The van der Waals surface area contributed by atoms with E-state index in [0.29, 0.717) is 31.2 Å². The smallest absolute Gasteiger partial charge is 0.255 e. The van der Waals surface area contributed by atoms with Crippen LogP contribution in [0, 0.1) is 0 Å². The predicted molar refractivity (Wildman–Crippen MR) is 136 cm³/mol. The lowest BCUT2D eigenvalue weighted by Crippen LogP contribution is -2.52. The van der Waals surface area contributed by atoms with Gasteiger partial charge in [-0.1, -0.05) is 18.6 Å². The molecular formula is C29H33N3O5. The fourth-order valence-corrected chi connectivity index (χ4v) is 6.12. The van der Waals surface area contributed by atoms with Crippen molar-refractivity contribution in [3.05, 3.63) is 58.7 Å². The Hall–Kier alpha value is -3.39. The molecule has 2 fully saturated rings. The molecule has 8 heteroatoms. The molecule has 2 atom stereocenters. The van der Waals surface area contributed by atoms with Crippen molar-refractivity contribution in [3.63, 3.8) is 0 Å². The third-order valence-electron chi connectivity index (χ3n) is 8.12. The Morgan fingerprint density at radius 1 is 1.03 bits per heavy atom. The summed E-state index contributed by atoms with van der Waals surface area (Å²) in [5.74, 6) is 0.945. The molecule has 0 aliphatic carbocycles. The third kappa shape index (κ3) is 4.82. The second kappa shape index (κ2) is 10.2. The third-order valence-corrected chi connectivity index (χ3v) is 8.12. The van der Waals surface area contributed by atoms with Gasteiger partial charge in [0, 0.05) is 31.1 Å². The topological polar surface area (TPSA) is 88.2 Å². The van der Waals surface area contributed by atoms with Crippen LogP contribution in [0.3, 0.4) is 0 Å². The first-order valence-corrected chi connectivity index (χ1v) is 13.4. The summed E-state index contributed by atoms with van der Waals surface area (Å²) in [6, 6.07) is 11.7. The number of hydrogen-bond acceptors (Lipinski definition) is 6. The van der Waals surface area contributed by atoms with E-state index in [9.17, 15) is 14.4 Å². The fraction of sp³-hybridized carbons (Fsp3) is 0.483. The highest BCUT2D eigenvalue weighted by Gasteiger charge is 2.39. The summed E-state index contributed by atoms with van der Waals surface area (Å²) >= 11 is 0. The van der Waals surface area contributed by atoms with Crippen molar-refractivity contribution in [1.82, 2.24) is 15.1 Å². The Kier molecular flexibility index (Phi) is 6.59. The van der Waals surface area contributed by atoms with Crippen LogP contribution in [0.1, 0.15) is 65.6 Å². The van der Waals surface area contributed by atoms with Crippen molar-refractivity contribution in [1.29, 1.82) is 0 Å². The molecule has 4 aliphatic heterocycles. The minimum atomic E-state index is -0.605. The van der Waals surface area contributed by atoms with Gasteiger partial charge in [-0.2, -0.15) is 0 Å². The zero-order valence-electron chi connectivity index (χ0n) is 21.0. The van der Waals surface area contributed by atoms with E-state index < -0.39 is 11.9 Å². The lowest BCUT2D eigenvalue weighted by Gasteiger charge is -2.36. The first-order valence-electron chi connectivity index (χ1n) is 13.4. The van der Waals surface area contributed by atoms with Crippen molar-refractivity contribution in [2.24, 2.45) is 0 Å². The highest BCUT2D eigenvalue weighted by Crippen LogP contribution is 2.32. The number of carbonyl (C=O) groups is 3. The van der Waals surface area contributed by atoms with Crippen LogP contribution in [0.5, 0.6) is 11.5 Å². The predicted octanol–water partition coefficient (Wildman–Crippen LogP) is 3.21.